The maximum absolute atomic E-state index is 12.0. The van der Waals surface area contributed by atoms with Crippen LogP contribution in [0.3, 0.4) is 0 Å². The Morgan fingerprint density at radius 3 is 2.68 bits per heavy atom. The Kier molecular flexibility index (Phi) is 5.54. The number of ether oxygens (including phenoxy) is 1. The van der Waals surface area contributed by atoms with Gasteiger partial charge >= 0.3 is 12.0 Å². The lowest BCUT2D eigenvalue weighted by atomic mass is 10.4. The summed E-state index contributed by atoms with van der Waals surface area (Å²) < 4.78 is 30.8. The first-order valence-electron chi connectivity index (χ1n) is 6.80. The summed E-state index contributed by atoms with van der Waals surface area (Å²) >= 11 is 0.955. The van der Waals surface area contributed by atoms with Crippen molar-refractivity contribution < 1.29 is 27.9 Å². The van der Waals surface area contributed by atoms with Gasteiger partial charge in [0.2, 0.25) is 11.8 Å². The zero-order valence-corrected chi connectivity index (χ0v) is 14.7. The summed E-state index contributed by atoms with van der Waals surface area (Å²) in [5.74, 6) is -1.49. The van der Waals surface area contributed by atoms with Crippen LogP contribution < -0.4 is 14.8 Å². The lowest BCUT2D eigenvalue weighted by molar-refractivity contribution is -0.144. The molecule has 1 atom stereocenters. The van der Waals surface area contributed by atoms with Crippen LogP contribution in [0.4, 0.5) is 10.7 Å². The number of nitrogens with one attached hydrogen (secondary N) is 2. The normalized spacial score (nSPS) is 12.2. The molecule has 0 aliphatic heterocycles. The van der Waals surface area contributed by atoms with Crippen LogP contribution in [0, 0.1) is 6.92 Å². The molecule has 134 valence electrons. The summed E-state index contributed by atoms with van der Waals surface area (Å²) in [6, 6.07) is 3.21. The van der Waals surface area contributed by atoms with Gasteiger partial charge in [-0.25, -0.2) is 27.7 Å². The van der Waals surface area contributed by atoms with Gasteiger partial charge in [-0.1, -0.05) is 6.07 Å². The maximum Gasteiger partial charge on any atom is 0.344 e. The fourth-order valence-corrected chi connectivity index (χ4v) is 3.50. The van der Waals surface area contributed by atoms with Crippen LogP contribution >= 0.6 is 11.3 Å². The van der Waals surface area contributed by atoms with Crippen LogP contribution in [0.5, 0.6) is 5.88 Å². The average Bonchev–Trinajstić information content (AvgIpc) is 3.00. The van der Waals surface area contributed by atoms with Crippen LogP contribution in [0.1, 0.15) is 12.6 Å². The zero-order valence-electron chi connectivity index (χ0n) is 13.1. The number of amides is 2. The van der Waals surface area contributed by atoms with E-state index < -0.39 is 28.1 Å². The van der Waals surface area contributed by atoms with E-state index in [1.165, 1.54) is 25.1 Å². The molecule has 0 radical (unpaired) electrons. The van der Waals surface area contributed by atoms with E-state index in [1.807, 2.05) is 4.72 Å². The molecule has 0 saturated heterocycles. The molecule has 0 aliphatic carbocycles. The summed E-state index contributed by atoms with van der Waals surface area (Å²) in [5.41, 5.74) is 0.388. The third-order valence-electron chi connectivity index (χ3n) is 2.69. The molecule has 2 amide bonds. The second-order valence-electron chi connectivity index (χ2n) is 4.76. The van der Waals surface area contributed by atoms with Crippen LogP contribution in [0.2, 0.25) is 0 Å². The van der Waals surface area contributed by atoms with E-state index in [-0.39, 0.29) is 16.0 Å². The quantitative estimate of drug-likeness (QED) is 0.671. The SMILES string of the molecule is Cc1cc(OC(C)C(=O)O)nc(NC(=O)NS(=O)(=O)c2cccs2)n1. The first kappa shape index (κ1) is 18.6. The number of aryl methyl sites for hydroxylation is 1. The van der Waals surface area contributed by atoms with Crippen molar-refractivity contribution in [3.8, 4) is 5.88 Å². The summed E-state index contributed by atoms with van der Waals surface area (Å²) in [5, 5.41) is 12.6. The molecule has 0 aromatic carbocycles. The minimum atomic E-state index is -3.99. The van der Waals surface area contributed by atoms with Crippen molar-refractivity contribution in [2.24, 2.45) is 0 Å². The highest BCUT2D eigenvalue weighted by molar-refractivity contribution is 7.92. The van der Waals surface area contributed by atoms with Crippen molar-refractivity contribution in [1.29, 1.82) is 0 Å². The van der Waals surface area contributed by atoms with Gasteiger partial charge in [0.1, 0.15) is 4.21 Å². The molecule has 2 aromatic rings. The van der Waals surface area contributed by atoms with Crippen molar-refractivity contribution in [3.63, 3.8) is 0 Å². The van der Waals surface area contributed by atoms with E-state index in [0.717, 1.165) is 11.3 Å². The third kappa shape index (κ3) is 5.12. The number of hydrogen-bond donors (Lipinski definition) is 3. The standard InChI is InChI=1S/C13H14N4O6S2/c1-7-6-9(23-8(2)11(18)19)15-12(14-7)16-13(20)17-25(21,22)10-4-3-5-24-10/h3-6,8H,1-2H3,(H,18,19)(H2,14,15,16,17,20). The van der Waals surface area contributed by atoms with Crippen LogP contribution in [-0.2, 0) is 14.8 Å². The monoisotopic (exact) mass is 386 g/mol. The highest BCUT2D eigenvalue weighted by atomic mass is 32.2. The summed E-state index contributed by atoms with van der Waals surface area (Å²) in [6.45, 7) is 2.89. The Balaban J connectivity index is 2.10. The number of nitrogens with zero attached hydrogens (tertiary/aromatic N) is 2. The van der Waals surface area contributed by atoms with E-state index in [1.54, 1.807) is 12.3 Å². The van der Waals surface area contributed by atoms with Gasteiger partial charge < -0.3 is 9.84 Å². The van der Waals surface area contributed by atoms with E-state index in [0.29, 0.717) is 5.69 Å². The number of anilines is 1. The predicted octanol–water partition coefficient (Wildman–Crippen LogP) is 1.21. The molecular weight excluding hydrogens is 372 g/mol. The minimum Gasteiger partial charge on any atom is -0.479 e. The lowest BCUT2D eigenvalue weighted by Gasteiger charge is -2.11. The van der Waals surface area contributed by atoms with Crippen molar-refractivity contribution in [2.45, 2.75) is 24.2 Å². The van der Waals surface area contributed by atoms with Gasteiger partial charge in [0, 0.05) is 11.8 Å². The van der Waals surface area contributed by atoms with Crippen molar-refractivity contribution in [3.05, 3.63) is 29.3 Å². The number of sulfonamides is 1. The number of carboxylic acids is 1. The smallest absolute Gasteiger partial charge is 0.344 e. The largest absolute Gasteiger partial charge is 0.479 e. The molecule has 0 aliphatic rings. The molecule has 1 unspecified atom stereocenters. The fourth-order valence-electron chi connectivity index (χ4n) is 1.60. The van der Waals surface area contributed by atoms with Gasteiger partial charge in [0.05, 0.1) is 0 Å². The highest BCUT2D eigenvalue weighted by Crippen LogP contribution is 2.16. The van der Waals surface area contributed by atoms with Gasteiger partial charge in [0.15, 0.2) is 6.10 Å². The number of rotatable bonds is 6. The Hall–Kier alpha value is -2.73. The minimum absolute atomic E-state index is 0.0212. The maximum atomic E-state index is 12.0. The summed E-state index contributed by atoms with van der Waals surface area (Å²) in [6.07, 6.45) is -1.16. The molecule has 12 heteroatoms. The van der Waals surface area contributed by atoms with Gasteiger partial charge in [-0.2, -0.15) is 4.98 Å². The Bertz CT molecular complexity index is 882. The van der Waals surface area contributed by atoms with Crippen LogP contribution in [0.15, 0.2) is 27.8 Å². The van der Waals surface area contributed by atoms with E-state index in [4.69, 9.17) is 9.84 Å². The Morgan fingerprint density at radius 1 is 1.36 bits per heavy atom. The molecular formula is C13H14N4O6S2. The molecule has 10 nitrogen and oxygen atoms in total. The second-order valence-corrected chi connectivity index (χ2v) is 7.62. The van der Waals surface area contributed by atoms with E-state index >= 15 is 0 Å². The molecule has 0 saturated carbocycles. The number of urea groups is 1. The molecule has 25 heavy (non-hydrogen) atoms. The van der Waals surface area contributed by atoms with Gasteiger partial charge in [-0.05, 0) is 25.3 Å². The lowest BCUT2D eigenvalue weighted by Crippen LogP contribution is -2.34. The Morgan fingerprint density at radius 2 is 2.08 bits per heavy atom. The van der Waals surface area contributed by atoms with Crippen molar-refractivity contribution >= 4 is 39.3 Å². The number of thiophene rings is 1. The van der Waals surface area contributed by atoms with Gasteiger partial charge in [-0.15, -0.1) is 11.3 Å². The predicted molar refractivity (Wildman–Crippen MR) is 88.2 cm³/mol. The molecule has 2 heterocycles. The first-order chi connectivity index (χ1) is 11.7. The number of aliphatic carboxylic acids is 1. The number of carboxylic acid groups (broad SMARTS) is 1. The fraction of sp³-hybridized carbons (Fsp3) is 0.231. The molecule has 2 rings (SSSR count). The molecule has 0 fully saturated rings. The number of carbonyl (C=O) groups excluding carboxylic acids is 1. The number of hydrogen-bond acceptors (Lipinski definition) is 8. The van der Waals surface area contributed by atoms with Crippen LogP contribution in [0.25, 0.3) is 0 Å². The third-order valence-corrected chi connectivity index (χ3v) is 5.42. The molecule has 0 spiro atoms. The molecule has 0 bridgehead atoms. The van der Waals surface area contributed by atoms with E-state index in [2.05, 4.69) is 15.3 Å². The molecule has 2 aromatic heterocycles. The molecule has 3 N–H and O–H groups in total. The van der Waals surface area contributed by atoms with Crippen LogP contribution in [-0.4, -0.2) is 41.6 Å². The van der Waals surface area contributed by atoms with Crippen molar-refractivity contribution in [2.75, 3.05) is 5.32 Å². The number of aromatic nitrogens is 2. The van der Waals surface area contributed by atoms with Crippen molar-refractivity contribution in [1.82, 2.24) is 14.7 Å². The topological polar surface area (TPSA) is 148 Å². The van der Waals surface area contributed by atoms with E-state index in [9.17, 15) is 18.0 Å². The zero-order chi connectivity index (χ0) is 18.6. The highest BCUT2D eigenvalue weighted by Gasteiger charge is 2.20. The average molecular weight is 386 g/mol. The summed E-state index contributed by atoms with van der Waals surface area (Å²) in [4.78, 5) is 30.4. The second kappa shape index (κ2) is 7.44. The summed E-state index contributed by atoms with van der Waals surface area (Å²) in [7, 11) is -3.99. The van der Waals surface area contributed by atoms with Gasteiger partial charge in [0.25, 0.3) is 10.0 Å². The number of carbonyl (C=O) groups is 2. The first-order valence-corrected chi connectivity index (χ1v) is 9.16. The Labute approximate surface area is 146 Å². The van der Waals surface area contributed by atoms with Gasteiger partial charge in [-0.3, -0.25) is 5.32 Å².